The smallest absolute Gasteiger partial charge is 0.380 e. The van der Waals surface area contributed by atoms with Gasteiger partial charge in [-0.15, -0.1) is 45.3 Å². The van der Waals surface area contributed by atoms with Crippen LogP contribution in [0.2, 0.25) is 0 Å². The number of halogens is 8. The summed E-state index contributed by atoms with van der Waals surface area (Å²) < 4.78 is 141. The van der Waals surface area contributed by atoms with E-state index in [0.29, 0.717) is 43.3 Å². The third kappa shape index (κ3) is 7.41. The Morgan fingerprint density at radius 3 is 1.31 bits per heavy atom. The number of furan rings is 2. The van der Waals surface area contributed by atoms with Crippen LogP contribution in [0, 0.1) is 25.5 Å². The van der Waals surface area contributed by atoms with Gasteiger partial charge in [0.05, 0.1) is 23.9 Å². The Morgan fingerprint density at radius 2 is 0.944 bits per heavy atom. The zero-order chi connectivity index (χ0) is 49.7. The molecular formula is C51H28F8N4O4S4. The molecule has 0 atom stereocenters. The van der Waals surface area contributed by atoms with Crippen molar-refractivity contribution in [3.63, 3.8) is 0 Å². The van der Waals surface area contributed by atoms with Gasteiger partial charge in [-0.25, -0.2) is 8.78 Å². The van der Waals surface area contributed by atoms with E-state index in [-0.39, 0.29) is 41.7 Å². The van der Waals surface area contributed by atoms with Crippen molar-refractivity contribution in [1.82, 2.24) is 9.13 Å². The van der Waals surface area contributed by atoms with Gasteiger partial charge in [0.2, 0.25) is 0 Å². The molecule has 356 valence electrons. The number of carbonyl (C=O) groups excluding carboxylic acids is 2. The molecule has 0 saturated carbocycles. The highest BCUT2D eigenvalue weighted by molar-refractivity contribution is 7.20. The molecule has 0 radical (unpaired) electrons. The lowest BCUT2D eigenvalue weighted by atomic mass is 9.91. The van der Waals surface area contributed by atoms with Crippen LogP contribution in [0.4, 0.5) is 35.1 Å². The number of carbonyl (C=O) groups is 2. The van der Waals surface area contributed by atoms with Gasteiger partial charge in [0.15, 0.2) is 21.1 Å². The van der Waals surface area contributed by atoms with Crippen LogP contribution in [0.5, 0.6) is 0 Å². The lowest BCUT2D eigenvalue weighted by molar-refractivity contribution is -0.254. The van der Waals surface area contributed by atoms with E-state index in [1.807, 2.05) is 0 Å². The summed E-state index contributed by atoms with van der Waals surface area (Å²) in [5.41, 5.74) is -1.32. The highest BCUT2D eigenvalue weighted by Gasteiger charge is 2.80. The standard InChI is InChI=1S/C51H28F8N4O4S4/c1-25-41(33-17-7-27(21-39(33)70-25)35-23-68-47(60-45(64)37-5-3-19-66-37)62(35)31-13-9-29(52)10-14-31)43-44(50(56,57)51(58,59)49(43,54)55)42-26(2)71-40-22-28(8-18-34(40)42)36-24-69-48(61-46(65)38-6-4-20-67-38)63(36)32-15-11-30(53)12-16-32/h3-24H,1-2H3. The van der Waals surface area contributed by atoms with Crippen molar-refractivity contribution in [3.8, 4) is 33.9 Å². The first-order valence-corrected chi connectivity index (χ1v) is 24.5. The molecule has 11 rings (SSSR count). The quantitative estimate of drug-likeness (QED) is 0.142. The molecule has 4 aromatic carbocycles. The summed E-state index contributed by atoms with van der Waals surface area (Å²) in [4.78, 5) is 35.0. The van der Waals surface area contributed by atoms with E-state index in [4.69, 9.17) is 8.83 Å². The lowest BCUT2D eigenvalue weighted by Gasteiger charge is -2.26. The van der Waals surface area contributed by atoms with Crippen molar-refractivity contribution in [1.29, 1.82) is 0 Å². The van der Waals surface area contributed by atoms with Gasteiger partial charge in [0, 0.05) is 85.5 Å². The first-order chi connectivity index (χ1) is 33.9. The monoisotopic (exact) mass is 1040 g/mol. The molecule has 20 heteroatoms. The van der Waals surface area contributed by atoms with E-state index in [1.165, 1.54) is 123 Å². The van der Waals surface area contributed by atoms with Crippen LogP contribution in [-0.2, 0) is 0 Å². The Bertz CT molecular complexity index is 3690. The van der Waals surface area contributed by atoms with E-state index in [0.717, 1.165) is 45.3 Å². The molecule has 8 nitrogen and oxygen atoms in total. The minimum absolute atomic E-state index is 0.0208. The van der Waals surface area contributed by atoms with Gasteiger partial charge >= 0.3 is 29.6 Å². The van der Waals surface area contributed by atoms with Gasteiger partial charge in [0.25, 0.3) is 0 Å². The zero-order valence-corrected chi connectivity index (χ0v) is 39.5. The third-order valence-electron chi connectivity index (χ3n) is 11.9. The average molecular weight is 1040 g/mol. The molecule has 6 aromatic heterocycles. The summed E-state index contributed by atoms with van der Waals surface area (Å²) in [5, 5.41) is 3.38. The third-order valence-corrected chi connectivity index (χ3v) is 15.7. The summed E-state index contributed by atoms with van der Waals surface area (Å²) in [6.45, 7) is 2.81. The van der Waals surface area contributed by atoms with E-state index >= 15 is 26.3 Å². The average Bonchev–Trinajstić information content (AvgIpc) is 4.22. The van der Waals surface area contributed by atoms with Gasteiger partial charge < -0.3 is 8.83 Å². The highest BCUT2D eigenvalue weighted by atomic mass is 32.1. The minimum Gasteiger partial charge on any atom is -0.459 e. The molecule has 1 aliphatic rings. The number of hydrogen-bond donors (Lipinski definition) is 0. The molecule has 6 heterocycles. The predicted octanol–water partition coefficient (Wildman–Crippen LogP) is 14.5. The van der Waals surface area contributed by atoms with Crippen LogP contribution >= 0.6 is 45.3 Å². The number of aryl methyl sites for hydroxylation is 2. The van der Waals surface area contributed by atoms with Crippen molar-refractivity contribution in [2.24, 2.45) is 9.98 Å². The first-order valence-electron chi connectivity index (χ1n) is 21.1. The molecule has 0 bridgehead atoms. The molecule has 0 N–H and O–H groups in total. The highest BCUT2D eigenvalue weighted by Crippen LogP contribution is 2.67. The summed E-state index contributed by atoms with van der Waals surface area (Å²) in [6.07, 6.45) is 2.63. The number of aromatic nitrogens is 2. The van der Waals surface area contributed by atoms with Crippen LogP contribution in [0.25, 0.3) is 65.2 Å². The second-order valence-electron chi connectivity index (χ2n) is 16.2. The van der Waals surface area contributed by atoms with Gasteiger partial charge in [-0.05, 0) is 98.8 Å². The van der Waals surface area contributed by atoms with Crippen molar-refractivity contribution >= 4 is 88.5 Å². The maximum absolute atomic E-state index is 16.6. The number of allylic oxidation sites excluding steroid dienone is 2. The number of thiazole rings is 2. The number of thiophene rings is 2. The molecule has 71 heavy (non-hydrogen) atoms. The Hall–Kier alpha value is -7.26. The first kappa shape index (κ1) is 46.1. The largest absolute Gasteiger partial charge is 0.459 e. The van der Waals surface area contributed by atoms with E-state index in [1.54, 1.807) is 32.0 Å². The molecule has 2 amide bonds. The van der Waals surface area contributed by atoms with Crippen LogP contribution in [0.15, 0.2) is 151 Å². The number of hydrogen-bond acceptors (Lipinski definition) is 8. The number of rotatable bonds is 8. The Kier molecular flexibility index (Phi) is 11.0. The number of fused-ring (bicyclic) bond motifs is 2. The van der Waals surface area contributed by atoms with Crippen molar-refractivity contribution in [3.05, 3.63) is 186 Å². The fraction of sp³-hybridized carbons (Fsp3) is 0.0980. The van der Waals surface area contributed by atoms with E-state index < -0.39 is 63.5 Å². The van der Waals surface area contributed by atoms with Crippen molar-refractivity contribution in [2.45, 2.75) is 31.6 Å². The molecular weight excluding hydrogens is 1010 g/mol. The topological polar surface area (TPSA) is 95.0 Å². The summed E-state index contributed by atoms with van der Waals surface area (Å²) in [6, 6.07) is 25.7. The molecule has 0 saturated heterocycles. The Labute approximate surface area is 410 Å². The van der Waals surface area contributed by atoms with E-state index in [2.05, 4.69) is 9.98 Å². The maximum atomic E-state index is 16.6. The molecule has 0 unspecified atom stereocenters. The Balaban J connectivity index is 1.06. The fourth-order valence-corrected chi connectivity index (χ4v) is 12.7. The number of amides is 2. The second-order valence-corrected chi connectivity index (χ2v) is 20.4. The van der Waals surface area contributed by atoms with Crippen molar-refractivity contribution < 1.29 is 53.5 Å². The molecule has 0 aliphatic heterocycles. The summed E-state index contributed by atoms with van der Waals surface area (Å²) in [5.74, 6) is -19.1. The van der Waals surface area contributed by atoms with Gasteiger partial charge in [-0.1, -0.05) is 24.3 Å². The number of benzene rings is 4. The van der Waals surface area contributed by atoms with Gasteiger partial charge in [-0.2, -0.15) is 36.3 Å². The second kappa shape index (κ2) is 17.0. The van der Waals surface area contributed by atoms with E-state index in [9.17, 15) is 18.4 Å². The molecule has 1 aliphatic carbocycles. The summed E-state index contributed by atoms with van der Waals surface area (Å²) in [7, 11) is 0. The molecule has 10 aromatic rings. The zero-order valence-electron chi connectivity index (χ0n) is 36.3. The lowest BCUT2D eigenvalue weighted by Crippen LogP contribution is -2.48. The number of nitrogens with zero attached hydrogens (tertiary/aromatic N) is 4. The van der Waals surface area contributed by atoms with Crippen LogP contribution in [-0.4, -0.2) is 38.7 Å². The minimum atomic E-state index is -5.85. The maximum Gasteiger partial charge on any atom is 0.380 e. The normalized spacial score (nSPS) is 15.7. The SMILES string of the molecule is Cc1sc2cc(-c3csc(=NC(=O)c4ccco4)n3-c3ccc(F)cc3)ccc2c1C1=C(c2c(C)sc3cc(-c4csc(=NC(=O)c5ccco5)n4-c4ccc(F)cc4)ccc23)C(F)(F)C(F)(F)C1(F)F. The van der Waals surface area contributed by atoms with Gasteiger partial charge in [0.1, 0.15) is 11.6 Å². The molecule has 0 spiro atoms. The van der Waals surface area contributed by atoms with Crippen LogP contribution in [0.3, 0.4) is 0 Å². The number of alkyl halides is 6. The fourth-order valence-electron chi connectivity index (χ4n) is 8.71. The Morgan fingerprint density at radius 1 is 0.549 bits per heavy atom. The van der Waals surface area contributed by atoms with Crippen LogP contribution < -0.4 is 9.60 Å². The predicted molar refractivity (Wildman–Crippen MR) is 257 cm³/mol. The molecule has 0 fully saturated rings. The van der Waals surface area contributed by atoms with Gasteiger partial charge in [-0.3, -0.25) is 18.7 Å². The summed E-state index contributed by atoms with van der Waals surface area (Å²) >= 11 is 4.04. The van der Waals surface area contributed by atoms with Crippen molar-refractivity contribution in [2.75, 3.05) is 0 Å². The van der Waals surface area contributed by atoms with Crippen LogP contribution in [0.1, 0.15) is 42.0 Å².